The Hall–Kier alpha value is -0.120. The first-order valence-electron chi connectivity index (χ1n) is 6.77. The number of aliphatic hydroxyl groups is 1. The van der Waals surface area contributed by atoms with Gasteiger partial charge in [0.2, 0.25) is 0 Å². The van der Waals surface area contributed by atoms with Crippen LogP contribution in [0.5, 0.6) is 0 Å². The first-order chi connectivity index (χ1) is 7.85. The highest BCUT2D eigenvalue weighted by Gasteiger charge is 2.05. The summed E-state index contributed by atoms with van der Waals surface area (Å²) in [6.45, 7) is 6.91. The van der Waals surface area contributed by atoms with Gasteiger partial charge in [0.1, 0.15) is 0 Å². The maximum atomic E-state index is 9.08. The molecule has 3 nitrogen and oxygen atoms in total. The van der Waals surface area contributed by atoms with Crippen molar-refractivity contribution in [2.45, 2.75) is 58.4 Å². The van der Waals surface area contributed by atoms with Gasteiger partial charge in [-0.15, -0.1) is 0 Å². The van der Waals surface area contributed by atoms with Crippen molar-refractivity contribution >= 4 is 0 Å². The number of rotatable bonds is 12. The average molecular weight is 231 g/mol. The van der Waals surface area contributed by atoms with Crippen molar-refractivity contribution in [2.24, 2.45) is 0 Å². The van der Waals surface area contributed by atoms with Gasteiger partial charge in [-0.25, -0.2) is 0 Å². The zero-order valence-corrected chi connectivity index (χ0v) is 11.0. The zero-order chi connectivity index (χ0) is 12.1. The number of hydrogen-bond donors (Lipinski definition) is 2. The van der Waals surface area contributed by atoms with Gasteiger partial charge in [-0.05, 0) is 19.4 Å². The molecule has 2 N–H and O–H groups in total. The summed E-state index contributed by atoms with van der Waals surface area (Å²) >= 11 is 0. The molecule has 0 aliphatic carbocycles. The quantitative estimate of drug-likeness (QED) is 0.507. The highest BCUT2D eigenvalue weighted by molar-refractivity contribution is 4.63. The van der Waals surface area contributed by atoms with Crippen LogP contribution in [-0.4, -0.2) is 37.5 Å². The van der Waals surface area contributed by atoms with E-state index in [1.807, 2.05) is 0 Å². The molecule has 98 valence electrons. The van der Waals surface area contributed by atoms with E-state index in [0.717, 1.165) is 26.0 Å². The van der Waals surface area contributed by atoms with E-state index >= 15 is 0 Å². The Labute approximate surface area is 101 Å². The number of aliphatic hydroxyl groups excluding tert-OH is 1. The van der Waals surface area contributed by atoms with E-state index in [9.17, 15) is 0 Å². The summed E-state index contributed by atoms with van der Waals surface area (Å²) in [5.74, 6) is 0. The van der Waals surface area contributed by atoms with Crippen LogP contribution in [0.3, 0.4) is 0 Å². The van der Waals surface area contributed by atoms with Crippen molar-refractivity contribution in [3.8, 4) is 0 Å². The summed E-state index contributed by atoms with van der Waals surface area (Å²) < 4.78 is 5.54. The van der Waals surface area contributed by atoms with Crippen molar-refractivity contribution < 1.29 is 9.84 Å². The molecule has 0 fully saturated rings. The van der Waals surface area contributed by atoms with Crippen LogP contribution in [0.4, 0.5) is 0 Å². The summed E-state index contributed by atoms with van der Waals surface area (Å²) in [5, 5.41) is 12.3. The van der Waals surface area contributed by atoms with Crippen LogP contribution in [0.1, 0.15) is 52.4 Å². The maximum Gasteiger partial charge on any atom is 0.0642 e. The third kappa shape index (κ3) is 10.4. The average Bonchev–Trinajstić information content (AvgIpc) is 2.32. The van der Waals surface area contributed by atoms with Gasteiger partial charge in [0.15, 0.2) is 0 Å². The predicted octanol–water partition coefficient (Wildman–Crippen LogP) is 2.33. The first-order valence-corrected chi connectivity index (χ1v) is 6.77. The molecule has 0 spiro atoms. The lowest BCUT2D eigenvalue weighted by Crippen LogP contribution is -2.37. The molecular weight excluding hydrogens is 202 g/mol. The number of ether oxygens (including phenoxy) is 1. The summed E-state index contributed by atoms with van der Waals surface area (Å²) in [5.41, 5.74) is 0. The van der Waals surface area contributed by atoms with E-state index in [1.165, 1.54) is 25.7 Å². The molecule has 0 radical (unpaired) electrons. The van der Waals surface area contributed by atoms with Crippen molar-refractivity contribution in [3.63, 3.8) is 0 Å². The molecule has 1 unspecified atom stereocenters. The molecule has 0 aliphatic rings. The monoisotopic (exact) mass is 231 g/mol. The van der Waals surface area contributed by atoms with E-state index in [-0.39, 0.29) is 12.6 Å². The van der Waals surface area contributed by atoms with Crippen LogP contribution < -0.4 is 5.32 Å². The van der Waals surface area contributed by atoms with Crippen molar-refractivity contribution in [3.05, 3.63) is 0 Å². The lowest BCUT2D eigenvalue weighted by molar-refractivity contribution is 0.0862. The fourth-order valence-corrected chi connectivity index (χ4v) is 1.56. The molecular formula is C13H29NO2. The van der Waals surface area contributed by atoms with E-state index in [0.29, 0.717) is 6.61 Å². The van der Waals surface area contributed by atoms with Crippen molar-refractivity contribution in [1.82, 2.24) is 5.32 Å². The van der Waals surface area contributed by atoms with Crippen molar-refractivity contribution in [2.75, 3.05) is 26.4 Å². The fraction of sp³-hybridized carbons (Fsp3) is 1.00. The minimum atomic E-state index is 0.107. The van der Waals surface area contributed by atoms with Gasteiger partial charge in [-0.1, -0.05) is 39.5 Å². The highest BCUT2D eigenvalue weighted by atomic mass is 16.5. The minimum absolute atomic E-state index is 0.107. The minimum Gasteiger partial charge on any atom is -0.395 e. The Morgan fingerprint density at radius 2 is 1.81 bits per heavy atom. The molecule has 0 saturated carbocycles. The van der Waals surface area contributed by atoms with Crippen molar-refractivity contribution in [1.29, 1.82) is 0 Å². The predicted molar refractivity (Wildman–Crippen MR) is 68.7 cm³/mol. The molecule has 0 aromatic carbocycles. The normalized spacial score (nSPS) is 12.9. The molecule has 3 heteroatoms. The van der Waals surface area contributed by atoms with Crippen LogP contribution in [-0.2, 0) is 4.74 Å². The van der Waals surface area contributed by atoms with E-state index in [2.05, 4.69) is 19.2 Å². The van der Waals surface area contributed by atoms with Crippen LogP contribution in [0.15, 0.2) is 0 Å². The molecule has 16 heavy (non-hydrogen) atoms. The fourth-order valence-electron chi connectivity index (χ4n) is 1.56. The third-order valence-electron chi connectivity index (χ3n) is 2.61. The molecule has 0 rings (SSSR count). The molecule has 0 heterocycles. The number of hydrogen-bond acceptors (Lipinski definition) is 3. The molecule has 0 aromatic rings. The lowest BCUT2D eigenvalue weighted by atomic mass is 10.2. The van der Waals surface area contributed by atoms with E-state index < -0.39 is 0 Å². The van der Waals surface area contributed by atoms with Crippen LogP contribution >= 0.6 is 0 Å². The van der Waals surface area contributed by atoms with Gasteiger partial charge in [0.05, 0.1) is 19.3 Å². The topological polar surface area (TPSA) is 41.5 Å². The molecule has 0 aliphatic heterocycles. The van der Waals surface area contributed by atoms with Gasteiger partial charge in [0.25, 0.3) is 0 Å². The Morgan fingerprint density at radius 3 is 2.44 bits per heavy atom. The Balaban J connectivity index is 3.20. The summed E-state index contributed by atoms with van der Waals surface area (Å²) in [6.07, 6.45) is 7.43. The zero-order valence-electron chi connectivity index (χ0n) is 11.0. The molecule has 0 aromatic heterocycles. The first kappa shape index (κ1) is 15.9. The Kier molecular flexibility index (Phi) is 12.9. The summed E-state index contributed by atoms with van der Waals surface area (Å²) in [6, 6.07) is 0.107. The number of nitrogens with one attached hydrogen (secondary N) is 1. The van der Waals surface area contributed by atoms with Crippen LogP contribution in [0.25, 0.3) is 0 Å². The number of unbranched alkanes of at least 4 members (excludes halogenated alkanes) is 4. The summed E-state index contributed by atoms with van der Waals surface area (Å²) in [7, 11) is 0. The SMILES string of the molecule is CCCCCCCOCC(CO)NCCC. The van der Waals surface area contributed by atoms with Crippen LogP contribution in [0, 0.1) is 0 Å². The lowest BCUT2D eigenvalue weighted by Gasteiger charge is -2.15. The van der Waals surface area contributed by atoms with E-state index in [4.69, 9.17) is 9.84 Å². The Morgan fingerprint density at radius 1 is 1.06 bits per heavy atom. The van der Waals surface area contributed by atoms with E-state index in [1.54, 1.807) is 0 Å². The Bertz CT molecular complexity index is 131. The largest absolute Gasteiger partial charge is 0.395 e. The molecule has 0 amide bonds. The smallest absolute Gasteiger partial charge is 0.0642 e. The third-order valence-corrected chi connectivity index (χ3v) is 2.61. The van der Waals surface area contributed by atoms with Crippen LogP contribution in [0.2, 0.25) is 0 Å². The standard InChI is InChI=1S/C13H29NO2/c1-3-5-6-7-8-10-16-12-13(11-15)14-9-4-2/h13-15H,3-12H2,1-2H3. The second-order valence-corrected chi connectivity index (χ2v) is 4.32. The second kappa shape index (κ2) is 12.9. The molecule has 1 atom stereocenters. The van der Waals surface area contributed by atoms with Gasteiger partial charge in [0, 0.05) is 6.61 Å². The molecule has 0 saturated heterocycles. The van der Waals surface area contributed by atoms with Gasteiger partial charge < -0.3 is 15.2 Å². The second-order valence-electron chi connectivity index (χ2n) is 4.32. The summed E-state index contributed by atoms with van der Waals surface area (Å²) in [4.78, 5) is 0. The molecule has 0 bridgehead atoms. The van der Waals surface area contributed by atoms with Gasteiger partial charge in [-0.3, -0.25) is 0 Å². The highest BCUT2D eigenvalue weighted by Crippen LogP contribution is 2.02. The van der Waals surface area contributed by atoms with Gasteiger partial charge in [-0.2, -0.15) is 0 Å². The maximum absolute atomic E-state index is 9.08. The van der Waals surface area contributed by atoms with Gasteiger partial charge >= 0.3 is 0 Å².